The van der Waals surface area contributed by atoms with Crippen LogP contribution in [0.25, 0.3) is 0 Å². The van der Waals surface area contributed by atoms with Crippen molar-refractivity contribution in [2.75, 3.05) is 6.54 Å². The van der Waals surface area contributed by atoms with E-state index in [2.05, 4.69) is 25.4 Å². The quantitative estimate of drug-likeness (QED) is 0.864. The molecule has 1 aliphatic heterocycles. The van der Waals surface area contributed by atoms with Gasteiger partial charge in [-0.25, -0.2) is 0 Å². The molecule has 0 aliphatic carbocycles. The number of nitrogens with one attached hydrogen (secondary N) is 2. The summed E-state index contributed by atoms with van der Waals surface area (Å²) in [5.74, 6) is 1.91. The lowest BCUT2D eigenvalue weighted by atomic mass is 10.0. The summed E-state index contributed by atoms with van der Waals surface area (Å²) >= 11 is 0. The van der Waals surface area contributed by atoms with Crippen molar-refractivity contribution in [2.24, 2.45) is 0 Å². The molecule has 1 atom stereocenters. The minimum atomic E-state index is -0.579. The number of aromatic nitrogens is 3. The lowest BCUT2D eigenvalue weighted by Gasteiger charge is -2.26. The highest BCUT2D eigenvalue weighted by atomic mass is 16.2. The molecular weight excluding hydrogens is 266 g/mol. The van der Waals surface area contributed by atoms with Crippen LogP contribution in [0, 0.1) is 0 Å². The first kappa shape index (κ1) is 15.9. The summed E-state index contributed by atoms with van der Waals surface area (Å²) in [6, 6.07) is -0.130. The van der Waals surface area contributed by atoms with Crippen LogP contribution >= 0.6 is 0 Å². The summed E-state index contributed by atoms with van der Waals surface area (Å²) in [5, 5.41) is 14.8. The third-order valence-electron chi connectivity index (χ3n) is 4.06. The van der Waals surface area contributed by atoms with Crippen LogP contribution in [-0.2, 0) is 17.8 Å². The Morgan fingerprint density at radius 1 is 1.33 bits per heavy atom. The number of rotatable bonds is 5. The van der Waals surface area contributed by atoms with Crippen LogP contribution in [0.1, 0.15) is 64.6 Å². The van der Waals surface area contributed by atoms with E-state index >= 15 is 0 Å². The number of hydrogen-bond acceptors (Lipinski definition) is 4. The van der Waals surface area contributed by atoms with E-state index in [1.54, 1.807) is 0 Å². The molecule has 1 unspecified atom stereocenters. The molecule has 2 rings (SSSR count). The monoisotopic (exact) mass is 293 g/mol. The number of hydrogen-bond donors (Lipinski definition) is 2. The van der Waals surface area contributed by atoms with Crippen molar-refractivity contribution in [1.29, 1.82) is 0 Å². The van der Waals surface area contributed by atoms with Crippen molar-refractivity contribution in [3.8, 4) is 0 Å². The Labute approximate surface area is 126 Å². The number of aryl methyl sites for hydroxylation is 1. The molecule has 0 radical (unpaired) electrons. The zero-order chi connectivity index (χ0) is 15.5. The molecule has 0 saturated heterocycles. The van der Waals surface area contributed by atoms with E-state index in [4.69, 9.17) is 0 Å². The molecule has 6 heteroatoms. The molecule has 0 saturated carbocycles. The van der Waals surface area contributed by atoms with Crippen LogP contribution in [0.3, 0.4) is 0 Å². The van der Waals surface area contributed by atoms with E-state index in [1.807, 2.05) is 27.7 Å². The second-order valence-corrected chi connectivity index (χ2v) is 6.29. The summed E-state index contributed by atoms with van der Waals surface area (Å²) in [6.07, 6.45) is 4.54. The summed E-state index contributed by atoms with van der Waals surface area (Å²) in [5.41, 5.74) is -0.579. The van der Waals surface area contributed by atoms with Crippen LogP contribution in [0.2, 0.25) is 0 Å². The first-order chi connectivity index (χ1) is 9.95. The van der Waals surface area contributed by atoms with E-state index in [1.165, 1.54) is 12.8 Å². The van der Waals surface area contributed by atoms with Gasteiger partial charge in [0.2, 0.25) is 5.91 Å². The van der Waals surface area contributed by atoms with Gasteiger partial charge in [0.1, 0.15) is 5.82 Å². The Balaban J connectivity index is 2.09. The first-order valence-electron chi connectivity index (χ1n) is 7.93. The Morgan fingerprint density at radius 3 is 2.81 bits per heavy atom. The zero-order valence-electron chi connectivity index (χ0n) is 13.6. The smallest absolute Gasteiger partial charge is 0.240 e. The highest BCUT2D eigenvalue weighted by molar-refractivity contribution is 5.85. The number of fused-ring (bicyclic) bond motifs is 1. The largest absolute Gasteiger partial charge is 0.345 e. The van der Waals surface area contributed by atoms with E-state index < -0.39 is 5.54 Å². The van der Waals surface area contributed by atoms with Gasteiger partial charge in [0.05, 0.1) is 11.6 Å². The van der Waals surface area contributed by atoms with Crippen molar-refractivity contribution >= 4 is 5.91 Å². The highest BCUT2D eigenvalue weighted by Crippen LogP contribution is 2.19. The van der Waals surface area contributed by atoms with Crippen LogP contribution < -0.4 is 10.6 Å². The van der Waals surface area contributed by atoms with Gasteiger partial charge in [0, 0.05) is 13.0 Å². The Kier molecular flexibility index (Phi) is 4.98. The fraction of sp³-hybridized carbons (Fsp3) is 0.800. The molecule has 21 heavy (non-hydrogen) atoms. The van der Waals surface area contributed by atoms with Gasteiger partial charge < -0.3 is 15.2 Å². The topological polar surface area (TPSA) is 71.8 Å². The van der Waals surface area contributed by atoms with Gasteiger partial charge in [-0.3, -0.25) is 4.79 Å². The molecule has 0 aromatic carbocycles. The predicted octanol–water partition coefficient (Wildman–Crippen LogP) is 1.57. The minimum Gasteiger partial charge on any atom is -0.345 e. The molecule has 6 nitrogen and oxygen atoms in total. The van der Waals surface area contributed by atoms with Gasteiger partial charge in [0.25, 0.3) is 0 Å². The Hall–Kier alpha value is -1.43. The second-order valence-electron chi connectivity index (χ2n) is 6.29. The predicted molar refractivity (Wildman–Crippen MR) is 81.9 cm³/mol. The lowest BCUT2D eigenvalue weighted by molar-refractivity contribution is -0.127. The van der Waals surface area contributed by atoms with Gasteiger partial charge >= 0.3 is 0 Å². The van der Waals surface area contributed by atoms with Crippen molar-refractivity contribution in [1.82, 2.24) is 25.4 Å². The summed E-state index contributed by atoms with van der Waals surface area (Å²) < 4.78 is 2.18. The van der Waals surface area contributed by atoms with Crippen molar-refractivity contribution < 1.29 is 4.79 Å². The number of carbonyl (C=O) groups is 1. The van der Waals surface area contributed by atoms with Crippen molar-refractivity contribution in [2.45, 2.75) is 71.5 Å². The third-order valence-corrected chi connectivity index (χ3v) is 4.06. The highest BCUT2D eigenvalue weighted by Gasteiger charge is 2.29. The van der Waals surface area contributed by atoms with E-state index in [-0.39, 0.29) is 11.9 Å². The zero-order valence-corrected chi connectivity index (χ0v) is 13.6. The van der Waals surface area contributed by atoms with Gasteiger partial charge in [-0.05, 0) is 40.2 Å². The SMILES string of the molecule is CCNC(C)(C)C(=O)NC(C)c1nnc2n1CCCCC2. The lowest BCUT2D eigenvalue weighted by Crippen LogP contribution is -2.53. The molecule has 1 aromatic heterocycles. The molecule has 2 heterocycles. The van der Waals surface area contributed by atoms with Crippen molar-refractivity contribution in [3.05, 3.63) is 11.6 Å². The Morgan fingerprint density at radius 2 is 2.10 bits per heavy atom. The van der Waals surface area contributed by atoms with E-state index in [9.17, 15) is 4.79 Å². The standard InChI is InChI=1S/C15H27N5O/c1-5-16-15(3,4)14(21)17-11(2)13-19-18-12-9-7-6-8-10-20(12)13/h11,16H,5-10H2,1-4H3,(H,17,21). The maximum absolute atomic E-state index is 12.4. The minimum absolute atomic E-state index is 0.0113. The number of amides is 1. The molecule has 0 bridgehead atoms. The molecule has 118 valence electrons. The third kappa shape index (κ3) is 3.61. The molecule has 0 spiro atoms. The number of nitrogens with zero attached hydrogens (tertiary/aromatic N) is 3. The van der Waals surface area contributed by atoms with E-state index in [0.29, 0.717) is 0 Å². The molecule has 1 amide bonds. The van der Waals surface area contributed by atoms with E-state index in [0.717, 1.165) is 37.6 Å². The van der Waals surface area contributed by atoms with Gasteiger partial charge in [0.15, 0.2) is 5.82 Å². The van der Waals surface area contributed by atoms with Gasteiger partial charge in [-0.1, -0.05) is 13.3 Å². The van der Waals surface area contributed by atoms with Crippen molar-refractivity contribution in [3.63, 3.8) is 0 Å². The van der Waals surface area contributed by atoms with Crippen LogP contribution in [0.4, 0.5) is 0 Å². The fourth-order valence-electron chi connectivity index (χ4n) is 2.79. The molecule has 1 aromatic rings. The van der Waals surface area contributed by atoms with Crippen LogP contribution in [0.15, 0.2) is 0 Å². The van der Waals surface area contributed by atoms with Crippen LogP contribution in [0.5, 0.6) is 0 Å². The molecule has 0 fully saturated rings. The summed E-state index contributed by atoms with van der Waals surface area (Å²) in [6.45, 7) is 9.47. The summed E-state index contributed by atoms with van der Waals surface area (Å²) in [4.78, 5) is 12.4. The number of carbonyl (C=O) groups excluding carboxylic acids is 1. The average Bonchev–Trinajstić information content (AvgIpc) is 2.68. The summed E-state index contributed by atoms with van der Waals surface area (Å²) in [7, 11) is 0. The molecule has 2 N–H and O–H groups in total. The molecular formula is C15H27N5O. The molecule has 1 aliphatic rings. The average molecular weight is 293 g/mol. The first-order valence-corrected chi connectivity index (χ1v) is 7.93. The maximum atomic E-state index is 12.4. The van der Waals surface area contributed by atoms with Crippen LogP contribution in [-0.4, -0.2) is 32.8 Å². The number of likely N-dealkylation sites (N-methyl/N-ethyl adjacent to an activating group) is 1. The fourth-order valence-corrected chi connectivity index (χ4v) is 2.79. The normalized spacial score (nSPS) is 17.0. The van der Waals surface area contributed by atoms with Gasteiger partial charge in [-0.15, -0.1) is 10.2 Å². The maximum Gasteiger partial charge on any atom is 0.240 e. The Bertz CT molecular complexity index is 494. The van der Waals surface area contributed by atoms with Gasteiger partial charge in [-0.2, -0.15) is 0 Å². The second kappa shape index (κ2) is 6.56.